The van der Waals surface area contributed by atoms with Crippen molar-refractivity contribution < 1.29 is 22.7 Å². The zero-order chi connectivity index (χ0) is 15.4. The molecule has 0 N–H and O–H groups in total. The second kappa shape index (κ2) is 11.3. The minimum absolute atomic E-state index is 0.169. The Morgan fingerprint density at radius 1 is 1.15 bits per heavy atom. The molecule has 0 fully saturated rings. The summed E-state index contributed by atoms with van der Waals surface area (Å²) in [6, 6.07) is 0. The summed E-state index contributed by atoms with van der Waals surface area (Å²) in [6.07, 6.45) is -0.576. The summed E-state index contributed by atoms with van der Waals surface area (Å²) in [5.41, 5.74) is 0. The van der Waals surface area contributed by atoms with Crippen molar-refractivity contribution in [1.82, 2.24) is 0 Å². The van der Waals surface area contributed by atoms with E-state index in [1.165, 1.54) is 11.8 Å². The van der Waals surface area contributed by atoms with E-state index < -0.39 is 12.6 Å². The van der Waals surface area contributed by atoms with Crippen molar-refractivity contribution in [2.24, 2.45) is 0 Å². The Balaban J connectivity index is 3.81. The maximum absolute atomic E-state index is 12.0. The van der Waals surface area contributed by atoms with Crippen LogP contribution in [0.25, 0.3) is 0 Å². The van der Waals surface area contributed by atoms with Gasteiger partial charge in [-0.3, -0.25) is 4.79 Å². The van der Waals surface area contributed by atoms with Crippen molar-refractivity contribution >= 4 is 17.7 Å². The van der Waals surface area contributed by atoms with Crippen molar-refractivity contribution in [3.05, 3.63) is 0 Å². The van der Waals surface area contributed by atoms with Gasteiger partial charge in [0.2, 0.25) is 0 Å². The molecule has 0 amide bonds. The smallest absolute Gasteiger partial charge is 0.389 e. The molecule has 0 rings (SSSR count). The highest BCUT2D eigenvalue weighted by molar-refractivity contribution is 8.00. The van der Waals surface area contributed by atoms with Gasteiger partial charge in [-0.2, -0.15) is 13.2 Å². The normalized spacial score (nSPS) is 13.2. The number of ether oxygens (including phenoxy) is 1. The molecule has 1 atom stereocenters. The van der Waals surface area contributed by atoms with E-state index >= 15 is 0 Å². The quantitative estimate of drug-likeness (QED) is 0.398. The second-order valence-corrected chi connectivity index (χ2v) is 5.99. The van der Waals surface area contributed by atoms with E-state index in [0.29, 0.717) is 25.2 Å². The summed E-state index contributed by atoms with van der Waals surface area (Å²) in [7, 11) is 0. The molecular formula is C14H25F3O2S. The van der Waals surface area contributed by atoms with E-state index in [1.807, 2.05) is 0 Å². The van der Waals surface area contributed by atoms with E-state index in [4.69, 9.17) is 4.74 Å². The van der Waals surface area contributed by atoms with E-state index in [0.717, 1.165) is 19.3 Å². The Hall–Kier alpha value is -0.390. The lowest BCUT2D eigenvalue weighted by Gasteiger charge is -2.14. The zero-order valence-electron chi connectivity index (χ0n) is 12.3. The third-order valence-corrected chi connectivity index (χ3v) is 4.15. The summed E-state index contributed by atoms with van der Waals surface area (Å²) in [5.74, 6) is 0.520. The average molecular weight is 314 g/mol. The van der Waals surface area contributed by atoms with E-state index in [2.05, 4.69) is 6.92 Å². The molecule has 0 aromatic carbocycles. The predicted molar refractivity (Wildman–Crippen MR) is 76.9 cm³/mol. The maximum atomic E-state index is 12.0. The van der Waals surface area contributed by atoms with E-state index in [-0.39, 0.29) is 17.6 Å². The van der Waals surface area contributed by atoms with Gasteiger partial charge in [-0.15, -0.1) is 11.8 Å². The SMILES string of the molecule is CCCCC(SCCCCCC(F)(F)F)C(=O)OCC. The van der Waals surface area contributed by atoms with Crippen LogP contribution in [0.3, 0.4) is 0 Å². The van der Waals surface area contributed by atoms with Crippen LogP contribution >= 0.6 is 11.8 Å². The number of thioether (sulfide) groups is 1. The largest absolute Gasteiger partial charge is 0.465 e. The van der Waals surface area contributed by atoms with Crippen LogP contribution in [0.1, 0.15) is 58.8 Å². The minimum Gasteiger partial charge on any atom is -0.465 e. The fourth-order valence-electron chi connectivity index (χ4n) is 1.72. The first-order chi connectivity index (χ1) is 9.40. The third-order valence-electron chi connectivity index (χ3n) is 2.79. The monoisotopic (exact) mass is 314 g/mol. The molecule has 0 radical (unpaired) electrons. The van der Waals surface area contributed by atoms with Crippen LogP contribution in [0.5, 0.6) is 0 Å². The number of unbranched alkanes of at least 4 members (excludes halogenated alkanes) is 3. The molecular weight excluding hydrogens is 289 g/mol. The number of carbonyl (C=O) groups excluding carboxylic acids is 1. The van der Waals surface area contributed by atoms with Gasteiger partial charge >= 0.3 is 12.1 Å². The molecule has 0 bridgehead atoms. The maximum Gasteiger partial charge on any atom is 0.389 e. The lowest BCUT2D eigenvalue weighted by Crippen LogP contribution is -2.20. The van der Waals surface area contributed by atoms with Crippen molar-refractivity contribution in [3.63, 3.8) is 0 Å². The van der Waals surface area contributed by atoms with Gasteiger partial charge in [0, 0.05) is 6.42 Å². The van der Waals surface area contributed by atoms with Crippen LogP contribution in [-0.2, 0) is 9.53 Å². The van der Waals surface area contributed by atoms with Gasteiger partial charge < -0.3 is 4.74 Å². The molecule has 20 heavy (non-hydrogen) atoms. The van der Waals surface area contributed by atoms with Crippen molar-refractivity contribution in [1.29, 1.82) is 0 Å². The first kappa shape index (κ1) is 19.6. The Labute approximate surface area is 123 Å². The number of carbonyl (C=O) groups is 1. The number of hydrogen-bond acceptors (Lipinski definition) is 3. The Bertz CT molecular complexity index is 257. The number of alkyl halides is 3. The standard InChI is InChI=1S/C14H25F3O2S/c1-3-5-9-12(13(18)19-4-2)20-11-8-6-7-10-14(15,16)17/h12H,3-11H2,1-2H3. The third kappa shape index (κ3) is 11.4. The van der Waals surface area contributed by atoms with Crippen LogP contribution in [0.15, 0.2) is 0 Å². The second-order valence-electron chi connectivity index (χ2n) is 4.68. The van der Waals surface area contributed by atoms with E-state index in [9.17, 15) is 18.0 Å². The molecule has 0 heterocycles. The van der Waals surface area contributed by atoms with E-state index in [1.54, 1.807) is 6.92 Å². The number of rotatable bonds is 11. The number of esters is 1. The molecule has 1 unspecified atom stereocenters. The summed E-state index contributed by atoms with van der Waals surface area (Å²) < 4.78 is 40.9. The zero-order valence-corrected chi connectivity index (χ0v) is 13.1. The van der Waals surface area contributed by atoms with Gasteiger partial charge in [-0.05, 0) is 31.9 Å². The highest BCUT2D eigenvalue weighted by atomic mass is 32.2. The first-order valence-corrected chi connectivity index (χ1v) is 8.30. The molecule has 0 spiro atoms. The Morgan fingerprint density at radius 2 is 1.85 bits per heavy atom. The summed E-state index contributed by atoms with van der Waals surface area (Å²) in [4.78, 5) is 11.7. The number of halogens is 3. The van der Waals surface area contributed by atoms with Crippen LogP contribution in [0.4, 0.5) is 13.2 Å². The van der Waals surface area contributed by atoms with Crippen LogP contribution < -0.4 is 0 Å². The molecule has 0 aliphatic rings. The molecule has 0 aliphatic carbocycles. The number of hydrogen-bond donors (Lipinski definition) is 0. The van der Waals surface area contributed by atoms with Gasteiger partial charge in [0.1, 0.15) is 5.25 Å². The predicted octanol–water partition coefficient (Wildman–Crippen LogP) is 4.96. The molecule has 0 saturated carbocycles. The van der Waals surface area contributed by atoms with Crippen molar-refractivity contribution in [2.45, 2.75) is 70.2 Å². The van der Waals surface area contributed by atoms with Crippen LogP contribution in [0, 0.1) is 0 Å². The van der Waals surface area contributed by atoms with Gasteiger partial charge in [-0.25, -0.2) is 0 Å². The van der Waals surface area contributed by atoms with Crippen molar-refractivity contribution in [3.8, 4) is 0 Å². The molecule has 0 aliphatic heterocycles. The Morgan fingerprint density at radius 3 is 2.40 bits per heavy atom. The molecule has 0 saturated heterocycles. The molecule has 120 valence electrons. The Kier molecular flexibility index (Phi) is 11.1. The van der Waals surface area contributed by atoms with Crippen LogP contribution in [0.2, 0.25) is 0 Å². The fourth-order valence-corrected chi connectivity index (χ4v) is 2.92. The molecule has 2 nitrogen and oxygen atoms in total. The first-order valence-electron chi connectivity index (χ1n) is 7.25. The molecule has 6 heteroatoms. The average Bonchev–Trinajstić information content (AvgIpc) is 2.36. The van der Waals surface area contributed by atoms with Crippen LogP contribution in [-0.4, -0.2) is 29.8 Å². The minimum atomic E-state index is -4.05. The van der Waals surface area contributed by atoms with Gasteiger partial charge in [0.05, 0.1) is 6.61 Å². The lowest BCUT2D eigenvalue weighted by molar-refractivity contribution is -0.142. The lowest BCUT2D eigenvalue weighted by atomic mass is 10.2. The summed E-state index contributed by atoms with van der Waals surface area (Å²) in [6.45, 7) is 4.20. The highest BCUT2D eigenvalue weighted by Crippen LogP contribution is 2.24. The van der Waals surface area contributed by atoms with Gasteiger partial charge in [-0.1, -0.05) is 26.2 Å². The van der Waals surface area contributed by atoms with Gasteiger partial charge in [0.25, 0.3) is 0 Å². The highest BCUT2D eigenvalue weighted by Gasteiger charge is 2.25. The molecule has 0 aromatic heterocycles. The summed E-state index contributed by atoms with van der Waals surface area (Å²) in [5, 5.41) is -0.169. The fraction of sp³-hybridized carbons (Fsp3) is 0.929. The van der Waals surface area contributed by atoms with Crippen molar-refractivity contribution in [2.75, 3.05) is 12.4 Å². The summed E-state index contributed by atoms with van der Waals surface area (Å²) >= 11 is 1.51. The topological polar surface area (TPSA) is 26.3 Å². The molecule has 0 aromatic rings. The van der Waals surface area contributed by atoms with Gasteiger partial charge in [0.15, 0.2) is 0 Å².